The quantitative estimate of drug-likeness (QED) is 0.902. The monoisotopic (exact) mass is 330 g/mol. The molecule has 1 aliphatic rings. The number of nitrogens with one attached hydrogen (secondary N) is 1. The molecular formula is C15H20Cl2N2O2. The van der Waals surface area contributed by atoms with Gasteiger partial charge in [-0.25, -0.2) is 0 Å². The molecule has 1 heterocycles. The van der Waals surface area contributed by atoms with Gasteiger partial charge in [0.15, 0.2) is 5.75 Å². The van der Waals surface area contributed by atoms with Crippen LogP contribution in [0.25, 0.3) is 0 Å². The van der Waals surface area contributed by atoms with Gasteiger partial charge >= 0.3 is 0 Å². The Labute approximate surface area is 135 Å². The first-order chi connectivity index (χ1) is 10.1. The van der Waals surface area contributed by atoms with Crippen LogP contribution < -0.4 is 10.1 Å². The number of likely N-dealkylation sites (tertiary alicyclic amines) is 1. The number of nitrogens with zero attached hydrogens (tertiary/aromatic N) is 1. The number of hydrogen-bond donors (Lipinski definition) is 1. The average molecular weight is 331 g/mol. The van der Waals surface area contributed by atoms with Crippen molar-refractivity contribution in [3.05, 3.63) is 28.2 Å². The summed E-state index contributed by atoms with van der Waals surface area (Å²) in [6.45, 7) is 3.17. The predicted molar refractivity (Wildman–Crippen MR) is 85.2 cm³/mol. The maximum Gasteiger partial charge on any atom is 0.222 e. The van der Waals surface area contributed by atoms with Gasteiger partial charge in [-0.15, -0.1) is 0 Å². The van der Waals surface area contributed by atoms with E-state index >= 15 is 0 Å². The van der Waals surface area contributed by atoms with Gasteiger partial charge in [0.2, 0.25) is 5.91 Å². The summed E-state index contributed by atoms with van der Waals surface area (Å²) in [5, 5.41) is 3.77. The molecule has 0 radical (unpaired) electrons. The van der Waals surface area contributed by atoms with Crippen LogP contribution in [0, 0.1) is 5.92 Å². The highest BCUT2D eigenvalue weighted by atomic mass is 35.5. The van der Waals surface area contributed by atoms with Gasteiger partial charge in [0.25, 0.3) is 0 Å². The molecule has 0 unspecified atom stereocenters. The molecule has 116 valence electrons. The summed E-state index contributed by atoms with van der Waals surface area (Å²) < 4.78 is 5.68. The largest absolute Gasteiger partial charge is 0.489 e. The molecule has 0 aliphatic carbocycles. The standard InChI is InChI=1S/C15H20Cl2N2O2/c1-18-15(20)11-5-7-19(8-6-11)9-10-21-14-12(16)3-2-4-13(14)17/h2-4,11H,5-10H2,1H3,(H,18,20). The first-order valence-electron chi connectivity index (χ1n) is 7.12. The number of carbonyl (C=O) groups is 1. The van der Waals surface area contributed by atoms with Crippen LogP contribution in [-0.4, -0.2) is 44.1 Å². The lowest BCUT2D eigenvalue weighted by Crippen LogP contribution is -2.41. The molecule has 0 atom stereocenters. The topological polar surface area (TPSA) is 41.6 Å². The van der Waals surface area contributed by atoms with Crippen molar-refractivity contribution in [3.8, 4) is 5.75 Å². The molecule has 1 saturated heterocycles. The lowest BCUT2D eigenvalue weighted by Gasteiger charge is -2.30. The van der Waals surface area contributed by atoms with Gasteiger partial charge in [-0.05, 0) is 38.1 Å². The van der Waals surface area contributed by atoms with E-state index in [0.717, 1.165) is 32.5 Å². The maximum absolute atomic E-state index is 11.6. The smallest absolute Gasteiger partial charge is 0.222 e. The van der Waals surface area contributed by atoms with E-state index in [1.54, 1.807) is 25.2 Å². The Kier molecular flexibility index (Phi) is 6.15. The highest BCUT2D eigenvalue weighted by Crippen LogP contribution is 2.32. The zero-order chi connectivity index (χ0) is 15.2. The van der Waals surface area contributed by atoms with Crippen molar-refractivity contribution in [3.63, 3.8) is 0 Å². The van der Waals surface area contributed by atoms with Gasteiger partial charge in [0.05, 0.1) is 10.0 Å². The fourth-order valence-electron chi connectivity index (χ4n) is 2.52. The summed E-state index contributed by atoms with van der Waals surface area (Å²) in [5.41, 5.74) is 0. The van der Waals surface area contributed by atoms with Crippen LogP contribution in [0.5, 0.6) is 5.75 Å². The molecule has 0 aromatic heterocycles. The van der Waals surface area contributed by atoms with E-state index in [2.05, 4.69) is 10.2 Å². The second-order valence-electron chi connectivity index (χ2n) is 5.13. The van der Waals surface area contributed by atoms with Gasteiger partial charge in [0.1, 0.15) is 6.61 Å². The molecule has 1 amide bonds. The normalized spacial score (nSPS) is 16.7. The van der Waals surface area contributed by atoms with Crippen LogP contribution in [0.1, 0.15) is 12.8 Å². The highest BCUT2D eigenvalue weighted by molar-refractivity contribution is 6.37. The summed E-state index contributed by atoms with van der Waals surface area (Å²) in [7, 11) is 1.69. The van der Waals surface area contributed by atoms with E-state index in [0.29, 0.717) is 22.4 Å². The lowest BCUT2D eigenvalue weighted by molar-refractivity contribution is -0.125. The SMILES string of the molecule is CNC(=O)C1CCN(CCOc2c(Cl)cccc2Cl)CC1. The molecule has 4 nitrogen and oxygen atoms in total. The van der Waals surface area contributed by atoms with Crippen molar-refractivity contribution < 1.29 is 9.53 Å². The molecular weight excluding hydrogens is 311 g/mol. The van der Waals surface area contributed by atoms with Crippen molar-refractivity contribution in [2.75, 3.05) is 33.3 Å². The summed E-state index contributed by atoms with van der Waals surface area (Å²) in [6, 6.07) is 5.32. The first-order valence-corrected chi connectivity index (χ1v) is 7.88. The number of rotatable bonds is 5. The molecule has 1 aliphatic heterocycles. The predicted octanol–water partition coefficient (Wildman–Crippen LogP) is 2.83. The highest BCUT2D eigenvalue weighted by Gasteiger charge is 2.23. The fraction of sp³-hybridized carbons (Fsp3) is 0.533. The Balaban J connectivity index is 1.74. The van der Waals surface area contributed by atoms with Crippen LogP contribution in [0.3, 0.4) is 0 Å². The molecule has 1 aromatic carbocycles. The third-order valence-corrected chi connectivity index (χ3v) is 4.37. The Bertz CT molecular complexity index is 468. The van der Waals surface area contributed by atoms with Crippen molar-refractivity contribution in [1.29, 1.82) is 0 Å². The molecule has 0 bridgehead atoms. The molecule has 6 heteroatoms. The number of carbonyl (C=O) groups excluding carboxylic acids is 1. The Morgan fingerprint density at radius 3 is 2.52 bits per heavy atom. The number of amides is 1. The van der Waals surface area contributed by atoms with E-state index in [4.69, 9.17) is 27.9 Å². The number of para-hydroxylation sites is 1. The third kappa shape index (κ3) is 4.50. The first kappa shape index (κ1) is 16.4. The van der Waals surface area contributed by atoms with Crippen LogP contribution in [0.2, 0.25) is 10.0 Å². The molecule has 1 fully saturated rings. The number of piperidine rings is 1. The van der Waals surface area contributed by atoms with Gasteiger partial charge in [0, 0.05) is 19.5 Å². The maximum atomic E-state index is 11.6. The van der Waals surface area contributed by atoms with E-state index in [9.17, 15) is 4.79 Å². The van der Waals surface area contributed by atoms with Crippen molar-refractivity contribution in [2.24, 2.45) is 5.92 Å². The van der Waals surface area contributed by atoms with Gasteiger partial charge in [-0.3, -0.25) is 9.69 Å². The minimum Gasteiger partial charge on any atom is -0.489 e. The molecule has 2 rings (SSSR count). The van der Waals surface area contributed by atoms with Crippen LogP contribution in [0.15, 0.2) is 18.2 Å². The van der Waals surface area contributed by atoms with Gasteiger partial charge in [-0.1, -0.05) is 29.3 Å². The third-order valence-electron chi connectivity index (χ3n) is 3.78. The molecule has 1 aromatic rings. The molecule has 1 N–H and O–H groups in total. The minimum atomic E-state index is 0.144. The zero-order valence-corrected chi connectivity index (χ0v) is 13.6. The number of hydrogen-bond acceptors (Lipinski definition) is 3. The second-order valence-corrected chi connectivity index (χ2v) is 5.94. The van der Waals surface area contributed by atoms with Crippen LogP contribution in [-0.2, 0) is 4.79 Å². The van der Waals surface area contributed by atoms with E-state index in [1.165, 1.54) is 0 Å². The lowest BCUT2D eigenvalue weighted by atomic mass is 9.96. The number of halogens is 2. The molecule has 21 heavy (non-hydrogen) atoms. The summed E-state index contributed by atoms with van der Waals surface area (Å²) in [4.78, 5) is 13.9. The van der Waals surface area contributed by atoms with Crippen molar-refractivity contribution in [1.82, 2.24) is 10.2 Å². The summed E-state index contributed by atoms with van der Waals surface area (Å²) in [5.74, 6) is 0.833. The Morgan fingerprint density at radius 2 is 1.95 bits per heavy atom. The van der Waals surface area contributed by atoms with Gasteiger partial charge < -0.3 is 10.1 Å². The average Bonchev–Trinajstić information content (AvgIpc) is 2.50. The van der Waals surface area contributed by atoms with Gasteiger partial charge in [-0.2, -0.15) is 0 Å². The zero-order valence-electron chi connectivity index (χ0n) is 12.1. The Hall–Kier alpha value is -0.970. The number of ether oxygens (including phenoxy) is 1. The van der Waals surface area contributed by atoms with Crippen LogP contribution in [0.4, 0.5) is 0 Å². The second kappa shape index (κ2) is 7.87. The van der Waals surface area contributed by atoms with Crippen LogP contribution >= 0.6 is 23.2 Å². The van der Waals surface area contributed by atoms with Crippen molar-refractivity contribution in [2.45, 2.75) is 12.8 Å². The van der Waals surface area contributed by atoms with E-state index in [1.807, 2.05) is 0 Å². The Morgan fingerprint density at radius 1 is 1.33 bits per heavy atom. The summed E-state index contributed by atoms with van der Waals surface area (Å²) in [6.07, 6.45) is 1.79. The van der Waals surface area contributed by atoms with E-state index in [-0.39, 0.29) is 11.8 Å². The van der Waals surface area contributed by atoms with Crippen molar-refractivity contribution >= 4 is 29.1 Å². The number of benzene rings is 1. The fourth-order valence-corrected chi connectivity index (χ4v) is 3.03. The molecule has 0 spiro atoms. The molecule has 0 saturated carbocycles. The minimum absolute atomic E-state index is 0.144. The van der Waals surface area contributed by atoms with E-state index < -0.39 is 0 Å². The summed E-state index contributed by atoms with van der Waals surface area (Å²) >= 11 is 12.1.